The van der Waals surface area contributed by atoms with Gasteiger partial charge in [-0.15, -0.1) is 0 Å². The van der Waals surface area contributed by atoms with E-state index in [2.05, 4.69) is 37.2 Å². The van der Waals surface area contributed by atoms with Crippen molar-refractivity contribution in [2.45, 2.75) is 13.5 Å². The summed E-state index contributed by atoms with van der Waals surface area (Å²) in [7, 11) is 1.35. The molecule has 0 unspecified atom stereocenters. The van der Waals surface area contributed by atoms with Crippen LogP contribution in [0.25, 0.3) is 0 Å². The third-order valence-corrected chi connectivity index (χ3v) is 3.94. The molecule has 0 atom stereocenters. The van der Waals surface area contributed by atoms with Gasteiger partial charge in [-0.25, -0.2) is 4.79 Å². The molecule has 2 rings (SSSR count). The van der Waals surface area contributed by atoms with E-state index in [1.807, 2.05) is 18.2 Å². The molecule has 6 heteroatoms. The number of carbonyl (C=O) groups is 1. The molecule has 1 aromatic carbocycles. The number of hydrogen-bond donors (Lipinski definition) is 1. The van der Waals surface area contributed by atoms with E-state index in [1.54, 1.807) is 13.0 Å². The largest absolute Gasteiger partial charge is 0.465 e. The van der Waals surface area contributed by atoms with Crippen LogP contribution in [0.3, 0.4) is 0 Å². The highest BCUT2D eigenvalue weighted by molar-refractivity contribution is 9.11. The van der Waals surface area contributed by atoms with E-state index in [0.29, 0.717) is 23.6 Å². The number of rotatable bonds is 4. The Hall–Kier alpha value is -1.27. The zero-order valence-electron chi connectivity index (χ0n) is 11.0. The molecule has 0 amide bonds. The lowest BCUT2D eigenvalue weighted by molar-refractivity contribution is 0.0599. The smallest absolute Gasteiger partial charge is 0.341 e. The van der Waals surface area contributed by atoms with Gasteiger partial charge in [-0.2, -0.15) is 0 Å². The van der Waals surface area contributed by atoms with Crippen LogP contribution in [0.1, 0.15) is 21.9 Å². The normalized spacial score (nSPS) is 10.4. The zero-order chi connectivity index (χ0) is 14.7. The SMILES string of the molecule is COC(=O)c1cc(CNc2cc(Br)ccc2Br)oc1C. The number of hydrogen-bond acceptors (Lipinski definition) is 4. The fraction of sp³-hybridized carbons (Fsp3) is 0.214. The summed E-state index contributed by atoms with van der Waals surface area (Å²) >= 11 is 6.89. The number of aryl methyl sites for hydroxylation is 1. The Labute approximate surface area is 133 Å². The summed E-state index contributed by atoms with van der Waals surface area (Å²) in [4.78, 5) is 11.5. The Morgan fingerprint density at radius 3 is 2.80 bits per heavy atom. The highest BCUT2D eigenvalue weighted by Crippen LogP contribution is 2.27. The number of anilines is 1. The van der Waals surface area contributed by atoms with Crippen molar-refractivity contribution < 1.29 is 13.9 Å². The lowest BCUT2D eigenvalue weighted by Crippen LogP contribution is -2.01. The Morgan fingerprint density at radius 1 is 1.35 bits per heavy atom. The number of halogens is 2. The summed E-state index contributed by atoms with van der Waals surface area (Å²) in [6.07, 6.45) is 0. The summed E-state index contributed by atoms with van der Waals surface area (Å²) in [5.74, 6) is 0.845. The van der Waals surface area contributed by atoms with Crippen LogP contribution in [-0.4, -0.2) is 13.1 Å². The number of ether oxygens (including phenoxy) is 1. The van der Waals surface area contributed by atoms with Gasteiger partial charge in [0.1, 0.15) is 17.1 Å². The van der Waals surface area contributed by atoms with Gasteiger partial charge in [-0.3, -0.25) is 0 Å². The standard InChI is InChI=1S/C14H13Br2NO3/c1-8-11(14(18)19-2)6-10(20-8)7-17-13-5-9(15)3-4-12(13)16/h3-6,17H,7H2,1-2H3. The molecule has 1 heterocycles. The average Bonchev–Trinajstić information content (AvgIpc) is 2.80. The molecular weight excluding hydrogens is 390 g/mol. The number of benzene rings is 1. The van der Waals surface area contributed by atoms with Crippen LogP contribution < -0.4 is 5.32 Å². The molecule has 20 heavy (non-hydrogen) atoms. The third kappa shape index (κ3) is 3.43. The maximum absolute atomic E-state index is 11.5. The topological polar surface area (TPSA) is 51.5 Å². The van der Waals surface area contributed by atoms with Gasteiger partial charge in [0.05, 0.1) is 13.7 Å². The summed E-state index contributed by atoms with van der Waals surface area (Å²) in [6, 6.07) is 7.54. The van der Waals surface area contributed by atoms with Gasteiger partial charge in [0.15, 0.2) is 0 Å². The molecule has 1 N–H and O–H groups in total. The van der Waals surface area contributed by atoms with E-state index in [9.17, 15) is 4.79 Å². The minimum Gasteiger partial charge on any atom is -0.465 e. The summed E-state index contributed by atoms with van der Waals surface area (Å²) < 4.78 is 12.2. The van der Waals surface area contributed by atoms with Crippen molar-refractivity contribution in [1.82, 2.24) is 0 Å². The Morgan fingerprint density at radius 2 is 2.10 bits per heavy atom. The summed E-state index contributed by atoms with van der Waals surface area (Å²) in [5, 5.41) is 3.24. The molecular formula is C14H13Br2NO3. The molecule has 0 spiro atoms. The molecule has 2 aromatic rings. The van der Waals surface area contributed by atoms with E-state index in [1.165, 1.54) is 7.11 Å². The highest BCUT2D eigenvalue weighted by Gasteiger charge is 2.15. The molecule has 0 aliphatic rings. The number of nitrogens with one attached hydrogen (secondary N) is 1. The predicted octanol–water partition coefficient (Wildman–Crippen LogP) is 4.51. The van der Waals surface area contributed by atoms with Crippen molar-refractivity contribution in [1.29, 1.82) is 0 Å². The van der Waals surface area contributed by atoms with Gasteiger partial charge < -0.3 is 14.5 Å². The second-order valence-corrected chi connectivity index (χ2v) is 5.92. The molecule has 0 saturated heterocycles. The molecule has 0 radical (unpaired) electrons. The number of furan rings is 1. The monoisotopic (exact) mass is 401 g/mol. The van der Waals surface area contributed by atoms with Gasteiger partial charge in [-0.1, -0.05) is 15.9 Å². The second-order valence-electron chi connectivity index (χ2n) is 4.15. The van der Waals surface area contributed by atoms with Gasteiger partial charge in [0.2, 0.25) is 0 Å². The quantitative estimate of drug-likeness (QED) is 0.764. The minimum absolute atomic E-state index is 0.388. The van der Waals surface area contributed by atoms with Crippen molar-refractivity contribution in [3.8, 4) is 0 Å². The Bertz CT molecular complexity index is 637. The molecule has 0 bridgehead atoms. The van der Waals surface area contributed by atoms with Crippen molar-refractivity contribution >= 4 is 43.5 Å². The molecule has 106 valence electrons. The van der Waals surface area contributed by atoms with Crippen LogP contribution in [0, 0.1) is 6.92 Å². The number of esters is 1. The third-order valence-electron chi connectivity index (χ3n) is 2.76. The molecule has 0 aliphatic carbocycles. The lowest BCUT2D eigenvalue weighted by Gasteiger charge is -2.07. The maximum Gasteiger partial charge on any atom is 0.341 e. The van der Waals surface area contributed by atoms with Crippen molar-refractivity contribution in [2.24, 2.45) is 0 Å². The van der Waals surface area contributed by atoms with E-state index < -0.39 is 0 Å². The first-order chi connectivity index (χ1) is 9.51. The van der Waals surface area contributed by atoms with Gasteiger partial charge in [0.25, 0.3) is 0 Å². The van der Waals surface area contributed by atoms with Crippen molar-refractivity contribution in [3.05, 3.63) is 50.3 Å². The number of methoxy groups -OCH3 is 1. The Balaban J connectivity index is 2.11. The predicted molar refractivity (Wildman–Crippen MR) is 84.0 cm³/mol. The van der Waals surface area contributed by atoms with Crippen LogP contribution in [0.5, 0.6) is 0 Å². The molecule has 0 fully saturated rings. The van der Waals surface area contributed by atoms with Gasteiger partial charge in [0, 0.05) is 14.6 Å². The van der Waals surface area contributed by atoms with Crippen LogP contribution in [-0.2, 0) is 11.3 Å². The van der Waals surface area contributed by atoms with Crippen LogP contribution >= 0.6 is 31.9 Å². The summed E-state index contributed by atoms with van der Waals surface area (Å²) in [6.45, 7) is 2.22. The van der Waals surface area contributed by atoms with Crippen LogP contribution in [0.4, 0.5) is 5.69 Å². The second kappa shape index (κ2) is 6.45. The molecule has 1 aromatic heterocycles. The maximum atomic E-state index is 11.5. The average molecular weight is 403 g/mol. The van der Waals surface area contributed by atoms with Crippen LogP contribution in [0.2, 0.25) is 0 Å². The highest BCUT2D eigenvalue weighted by atomic mass is 79.9. The molecule has 4 nitrogen and oxygen atoms in total. The van der Waals surface area contributed by atoms with Gasteiger partial charge in [-0.05, 0) is 47.1 Å². The van der Waals surface area contributed by atoms with Crippen molar-refractivity contribution in [2.75, 3.05) is 12.4 Å². The zero-order valence-corrected chi connectivity index (χ0v) is 14.2. The van der Waals surface area contributed by atoms with E-state index in [-0.39, 0.29) is 5.97 Å². The van der Waals surface area contributed by atoms with Crippen LogP contribution in [0.15, 0.2) is 37.6 Å². The van der Waals surface area contributed by atoms with E-state index >= 15 is 0 Å². The minimum atomic E-state index is -0.388. The van der Waals surface area contributed by atoms with Crippen molar-refractivity contribution in [3.63, 3.8) is 0 Å². The van der Waals surface area contributed by atoms with E-state index in [0.717, 1.165) is 14.6 Å². The fourth-order valence-corrected chi connectivity index (χ4v) is 2.51. The van der Waals surface area contributed by atoms with E-state index in [4.69, 9.17) is 9.15 Å². The lowest BCUT2D eigenvalue weighted by atomic mass is 10.2. The molecule has 0 saturated carbocycles. The fourth-order valence-electron chi connectivity index (χ4n) is 1.76. The first-order valence-electron chi connectivity index (χ1n) is 5.88. The Kier molecular flexibility index (Phi) is 4.88. The molecule has 0 aliphatic heterocycles. The summed E-state index contributed by atoms with van der Waals surface area (Å²) in [5.41, 5.74) is 1.39. The number of carbonyl (C=O) groups excluding carboxylic acids is 1. The van der Waals surface area contributed by atoms with Gasteiger partial charge >= 0.3 is 5.97 Å². The first-order valence-corrected chi connectivity index (χ1v) is 7.46. The first kappa shape index (κ1) is 15.1.